The van der Waals surface area contributed by atoms with Gasteiger partial charge in [-0.15, -0.1) is 0 Å². The van der Waals surface area contributed by atoms with Gasteiger partial charge >= 0.3 is 0 Å². The number of carbonyl (C=O) groups is 1. The van der Waals surface area contributed by atoms with Crippen molar-refractivity contribution in [2.75, 3.05) is 19.5 Å². The maximum Gasteiger partial charge on any atom is 0.256 e. The molecule has 1 aromatic rings. The van der Waals surface area contributed by atoms with E-state index in [0.29, 0.717) is 17.5 Å². The number of nitrogens with zero attached hydrogens (tertiary/aromatic N) is 1. The fourth-order valence-electron chi connectivity index (χ4n) is 3.08. The second-order valence-corrected chi connectivity index (χ2v) is 5.90. The fraction of sp³-hybridized carbons (Fsp3) is 0.625. The number of hydrogen-bond donors (Lipinski definition) is 1. The number of carbonyl (C=O) groups excluding carboxylic acids is 1. The summed E-state index contributed by atoms with van der Waals surface area (Å²) in [5, 5.41) is 2.93. The first-order chi connectivity index (χ1) is 10.0. The fourth-order valence-corrected chi connectivity index (χ4v) is 3.08. The van der Waals surface area contributed by atoms with Gasteiger partial charge in [0, 0.05) is 12.7 Å². The molecular formula is C16H24N2O3. The van der Waals surface area contributed by atoms with Gasteiger partial charge < -0.3 is 14.8 Å². The van der Waals surface area contributed by atoms with E-state index in [1.165, 1.54) is 0 Å². The first kappa shape index (κ1) is 15.8. The number of aryl methyl sites for hydroxylation is 1. The molecule has 5 heteroatoms. The Balaban J connectivity index is 2.14. The topological polar surface area (TPSA) is 60.5 Å². The van der Waals surface area contributed by atoms with Crippen molar-refractivity contribution in [1.29, 1.82) is 0 Å². The zero-order valence-electron chi connectivity index (χ0n) is 13.2. The molecule has 1 saturated carbocycles. The molecule has 1 fully saturated rings. The summed E-state index contributed by atoms with van der Waals surface area (Å²) in [5.74, 6) is 0.990. The summed E-state index contributed by atoms with van der Waals surface area (Å²) in [6, 6.07) is 1.86. The Bertz CT molecular complexity index is 518. The highest BCUT2D eigenvalue weighted by Crippen LogP contribution is 2.35. The number of pyridine rings is 1. The highest BCUT2D eigenvalue weighted by Gasteiger charge is 2.42. The molecule has 1 heterocycles. The Hall–Kier alpha value is -1.62. The average Bonchev–Trinajstić information content (AvgIpc) is 2.47. The second-order valence-electron chi connectivity index (χ2n) is 5.90. The Morgan fingerprint density at radius 3 is 2.81 bits per heavy atom. The van der Waals surface area contributed by atoms with E-state index in [9.17, 15) is 4.79 Å². The van der Waals surface area contributed by atoms with Gasteiger partial charge in [-0.3, -0.25) is 4.79 Å². The van der Waals surface area contributed by atoms with Gasteiger partial charge in [0.05, 0.1) is 19.0 Å². The standard InChI is InChI=1S/C16H24N2O3/c1-11-6-5-7-16(9-11,21-4)15(19)18-13-8-12(2)14(20-3)17-10-13/h8,10-11H,5-7,9H2,1-4H3,(H,18,19)/t11-,16+/m0/s1. The van der Waals surface area contributed by atoms with Crippen LogP contribution in [-0.2, 0) is 9.53 Å². The summed E-state index contributed by atoms with van der Waals surface area (Å²) in [6.07, 6.45) is 5.31. The van der Waals surface area contributed by atoms with Gasteiger partial charge in [-0.25, -0.2) is 4.98 Å². The van der Waals surface area contributed by atoms with Crippen LogP contribution in [0.15, 0.2) is 12.3 Å². The van der Waals surface area contributed by atoms with Crippen LogP contribution >= 0.6 is 0 Å². The minimum Gasteiger partial charge on any atom is -0.481 e. The summed E-state index contributed by atoms with van der Waals surface area (Å²) in [5.41, 5.74) is 0.845. The summed E-state index contributed by atoms with van der Waals surface area (Å²) < 4.78 is 10.7. The number of nitrogens with one attached hydrogen (secondary N) is 1. The van der Waals surface area contributed by atoms with Crippen LogP contribution in [-0.4, -0.2) is 30.7 Å². The first-order valence-corrected chi connectivity index (χ1v) is 7.38. The lowest BCUT2D eigenvalue weighted by molar-refractivity contribution is -0.143. The smallest absolute Gasteiger partial charge is 0.256 e. The van der Waals surface area contributed by atoms with Gasteiger partial charge in [0.2, 0.25) is 5.88 Å². The molecule has 21 heavy (non-hydrogen) atoms. The molecule has 0 radical (unpaired) electrons. The summed E-state index contributed by atoms with van der Waals surface area (Å²) >= 11 is 0. The number of ether oxygens (including phenoxy) is 2. The molecule has 1 aromatic heterocycles. The third-order valence-electron chi connectivity index (χ3n) is 4.24. The Kier molecular flexibility index (Phi) is 4.83. The monoisotopic (exact) mass is 292 g/mol. The molecular weight excluding hydrogens is 268 g/mol. The zero-order valence-corrected chi connectivity index (χ0v) is 13.2. The van der Waals surface area contributed by atoms with Gasteiger partial charge in [-0.1, -0.05) is 13.3 Å². The molecule has 1 amide bonds. The maximum atomic E-state index is 12.6. The van der Waals surface area contributed by atoms with Crippen LogP contribution in [0.25, 0.3) is 0 Å². The summed E-state index contributed by atoms with van der Waals surface area (Å²) in [4.78, 5) is 16.8. The number of methoxy groups -OCH3 is 2. The van der Waals surface area contributed by atoms with Crippen LogP contribution in [0.5, 0.6) is 5.88 Å². The van der Waals surface area contributed by atoms with Crippen molar-refractivity contribution < 1.29 is 14.3 Å². The number of anilines is 1. The molecule has 0 saturated heterocycles. The van der Waals surface area contributed by atoms with E-state index in [0.717, 1.165) is 31.2 Å². The minimum atomic E-state index is -0.717. The van der Waals surface area contributed by atoms with E-state index in [2.05, 4.69) is 17.2 Å². The third-order valence-corrected chi connectivity index (χ3v) is 4.24. The first-order valence-electron chi connectivity index (χ1n) is 7.38. The van der Waals surface area contributed by atoms with E-state index in [1.807, 2.05) is 13.0 Å². The third kappa shape index (κ3) is 3.35. The van der Waals surface area contributed by atoms with E-state index in [4.69, 9.17) is 9.47 Å². The van der Waals surface area contributed by atoms with Crippen LogP contribution < -0.4 is 10.1 Å². The minimum absolute atomic E-state index is 0.0806. The number of aromatic nitrogens is 1. The lowest BCUT2D eigenvalue weighted by Gasteiger charge is -2.37. The molecule has 1 aliphatic carbocycles. The van der Waals surface area contributed by atoms with Crippen molar-refractivity contribution >= 4 is 11.6 Å². The predicted molar refractivity (Wildman–Crippen MR) is 81.5 cm³/mol. The molecule has 1 N–H and O–H groups in total. The van der Waals surface area contributed by atoms with Crippen LogP contribution in [0.1, 0.15) is 38.2 Å². The van der Waals surface area contributed by atoms with Crippen molar-refractivity contribution in [1.82, 2.24) is 4.98 Å². The van der Waals surface area contributed by atoms with Crippen molar-refractivity contribution in [2.45, 2.75) is 45.1 Å². The van der Waals surface area contributed by atoms with Gasteiger partial charge in [0.1, 0.15) is 5.60 Å². The Morgan fingerprint density at radius 2 is 2.24 bits per heavy atom. The van der Waals surface area contributed by atoms with Crippen LogP contribution in [0.4, 0.5) is 5.69 Å². The highest BCUT2D eigenvalue weighted by molar-refractivity contribution is 5.97. The maximum absolute atomic E-state index is 12.6. The number of amides is 1. The summed E-state index contributed by atoms with van der Waals surface area (Å²) in [6.45, 7) is 4.07. The lowest BCUT2D eigenvalue weighted by atomic mass is 9.78. The highest BCUT2D eigenvalue weighted by atomic mass is 16.5. The molecule has 0 aliphatic heterocycles. The van der Waals surface area contributed by atoms with E-state index < -0.39 is 5.60 Å². The molecule has 1 aliphatic rings. The molecule has 5 nitrogen and oxygen atoms in total. The predicted octanol–water partition coefficient (Wildman–Crippen LogP) is 2.93. The number of rotatable bonds is 4. The van der Waals surface area contributed by atoms with E-state index >= 15 is 0 Å². The molecule has 2 atom stereocenters. The quantitative estimate of drug-likeness (QED) is 0.927. The normalized spacial score (nSPS) is 25.4. The Labute approximate surface area is 126 Å². The van der Waals surface area contributed by atoms with Crippen LogP contribution in [0, 0.1) is 12.8 Å². The molecule has 0 unspecified atom stereocenters. The van der Waals surface area contributed by atoms with Gasteiger partial charge in [-0.2, -0.15) is 0 Å². The zero-order chi connectivity index (χ0) is 15.5. The Morgan fingerprint density at radius 1 is 1.48 bits per heavy atom. The van der Waals surface area contributed by atoms with Crippen molar-refractivity contribution in [3.8, 4) is 5.88 Å². The lowest BCUT2D eigenvalue weighted by Crippen LogP contribution is -2.47. The SMILES string of the molecule is COc1ncc(NC(=O)[C@@]2(OC)CCC[C@H](C)C2)cc1C. The van der Waals surface area contributed by atoms with Gasteiger partial charge in [0.25, 0.3) is 5.91 Å². The molecule has 116 valence electrons. The second kappa shape index (κ2) is 6.43. The average molecular weight is 292 g/mol. The molecule has 0 spiro atoms. The van der Waals surface area contributed by atoms with Crippen molar-refractivity contribution in [2.24, 2.45) is 5.92 Å². The molecule has 2 rings (SSSR count). The van der Waals surface area contributed by atoms with E-state index in [-0.39, 0.29) is 5.91 Å². The largest absolute Gasteiger partial charge is 0.481 e. The van der Waals surface area contributed by atoms with Gasteiger partial charge in [0.15, 0.2) is 0 Å². The van der Waals surface area contributed by atoms with Crippen molar-refractivity contribution in [3.63, 3.8) is 0 Å². The molecule has 0 bridgehead atoms. The number of hydrogen-bond acceptors (Lipinski definition) is 4. The van der Waals surface area contributed by atoms with Crippen LogP contribution in [0.3, 0.4) is 0 Å². The van der Waals surface area contributed by atoms with Crippen molar-refractivity contribution in [3.05, 3.63) is 17.8 Å². The van der Waals surface area contributed by atoms with Gasteiger partial charge in [-0.05, 0) is 38.2 Å². The van der Waals surface area contributed by atoms with Crippen LogP contribution in [0.2, 0.25) is 0 Å². The molecule has 0 aromatic carbocycles. The van der Waals surface area contributed by atoms with E-state index in [1.54, 1.807) is 20.4 Å². The summed E-state index contributed by atoms with van der Waals surface area (Å²) in [7, 11) is 3.20.